The Labute approximate surface area is 80.1 Å². The van der Waals surface area contributed by atoms with Crippen LogP contribution in [0.4, 0.5) is 0 Å². The molecule has 0 bridgehead atoms. The molecule has 1 radical (unpaired) electrons. The number of hydrogen-bond acceptors (Lipinski definition) is 3. The Morgan fingerprint density at radius 1 is 1.00 bits per heavy atom. The monoisotopic (exact) mass is 185 g/mol. The van der Waals surface area contributed by atoms with E-state index in [9.17, 15) is 14.4 Å². The highest BCUT2D eigenvalue weighted by atomic mass is 16.1. The molecule has 0 amide bonds. The average Bonchev–Trinajstić information content (AvgIpc) is 2.18. The fourth-order valence-electron chi connectivity index (χ4n) is 1.39. The van der Waals surface area contributed by atoms with Crippen molar-refractivity contribution in [2.75, 3.05) is 0 Å². The minimum atomic E-state index is -0.369. The Morgan fingerprint density at radius 3 is 2.50 bits per heavy atom. The molecule has 0 N–H and O–H groups in total. The van der Waals surface area contributed by atoms with Crippen LogP contribution in [-0.2, 0) is 14.4 Å². The second-order valence-corrected chi connectivity index (χ2v) is 2.92. The highest BCUT2D eigenvalue weighted by molar-refractivity contribution is 6.21. The van der Waals surface area contributed by atoms with Crippen LogP contribution in [0.5, 0.6) is 0 Å². The van der Waals surface area contributed by atoms with E-state index in [1.807, 2.05) is 0 Å². The molecule has 2 rings (SSSR count). The summed E-state index contributed by atoms with van der Waals surface area (Å²) in [5, 5.41) is 0. The van der Waals surface area contributed by atoms with Crippen molar-refractivity contribution < 1.29 is 14.4 Å². The lowest BCUT2D eigenvalue weighted by Gasteiger charge is -2.13. The Bertz CT molecular complexity index is 459. The van der Waals surface area contributed by atoms with E-state index in [2.05, 4.69) is 0 Å². The van der Waals surface area contributed by atoms with Gasteiger partial charge in [-0.05, 0) is 35.5 Å². The van der Waals surface area contributed by atoms with E-state index in [-0.39, 0.29) is 17.1 Å². The minimum Gasteiger partial charge on any atom is -0.290 e. The lowest BCUT2D eigenvalue weighted by molar-refractivity contribution is -0.111. The van der Waals surface area contributed by atoms with Crippen molar-refractivity contribution in [2.24, 2.45) is 0 Å². The van der Waals surface area contributed by atoms with Crippen molar-refractivity contribution >= 4 is 17.9 Å². The molecule has 0 saturated carbocycles. The molecule has 0 aromatic carbocycles. The van der Waals surface area contributed by atoms with E-state index in [1.54, 1.807) is 6.29 Å². The molecule has 0 aromatic rings. The van der Waals surface area contributed by atoms with Crippen molar-refractivity contribution in [2.45, 2.75) is 0 Å². The summed E-state index contributed by atoms with van der Waals surface area (Å²) < 4.78 is 0. The number of rotatable bonds is 1. The van der Waals surface area contributed by atoms with Crippen LogP contribution in [0.2, 0.25) is 0 Å². The van der Waals surface area contributed by atoms with Gasteiger partial charge in [0.1, 0.15) is 0 Å². The lowest BCUT2D eigenvalue weighted by atomic mass is 9.88. The lowest BCUT2D eigenvalue weighted by Crippen LogP contribution is -2.11. The Balaban J connectivity index is 2.61. The van der Waals surface area contributed by atoms with Gasteiger partial charge in [-0.25, -0.2) is 0 Å². The molecular formula is C11H5O3. The van der Waals surface area contributed by atoms with Crippen molar-refractivity contribution in [1.29, 1.82) is 0 Å². The van der Waals surface area contributed by atoms with E-state index in [1.165, 1.54) is 30.4 Å². The van der Waals surface area contributed by atoms with Gasteiger partial charge in [-0.2, -0.15) is 0 Å². The quantitative estimate of drug-likeness (QED) is 0.562. The number of hydrogen-bond donors (Lipinski definition) is 0. The van der Waals surface area contributed by atoms with E-state index < -0.39 is 0 Å². The van der Waals surface area contributed by atoms with E-state index in [0.29, 0.717) is 11.1 Å². The van der Waals surface area contributed by atoms with Crippen LogP contribution >= 0.6 is 0 Å². The summed E-state index contributed by atoms with van der Waals surface area (Å²) in [5.74, 6) is -0.515. The summed E-state index contributed by atoms with van der Waals surface area (Å²) in [5.41, 5.74) is 1.06. The number of allylic oxidation sites excluding steroid dienone is 8. The molecule has 3 nitrogen and oxygen atoms in total. The zero-order chi connectivity index (χ0) is 10.1. The number of ketones is 2. The smallest absolute Gasteiger partial charge is 0.238 e. The summed E-state index contributed by atoms with van der Waals surface area (Å²) in [6.07, 6.45) is 8.56. The molecular weight excluding hydrogens is 180 g/mol. The van der Waals surface area contributed by atoms with Crippen molar-refractivity contribution in [3.05, 3.63) is 47.1 Å². The van der Waals surface area contributed by atoms with Gasteiger partial charge in [0.25, 0.3) is 0 Å². The molecule has 0 fully saturated rings. The van der Waals surface area contributed by atoms with Gasteiger partial charge in [-0.3, -0.25) is 14.4 Å². The first-order valence-corrected chi connectivity index (χ1v) is 4.01. The zero-order valence-electron chi connectivity index (χ0n) is 7.11. The Hall–Kier alpha value is -2.03. The summed E-state index contributed by atoms with van der Waals surface area (Å²) in [4.78, 5) is 32.7. The van der Waals surface area contributed by atoms with E-state index >= 15 is 0 Å². The van der Waals surface area contributed by atoms with Crippen molar-refractivity contribution in [3.8, 4) is 0 Å². The average molecular weight is 185 g/mol. The van der Waals surface area contributed by atoms with Gasteiger partial charge in [-0.1, -0.05) is 6.08 Å². The highest BCUT2D eigenvalue weighted by Crippen LogP contribution is 2.25. The molecule has 2 aliphatic rings. The molecule has 3 heteroatoms. The fraction of sp³-hybridized carbons (Fsp3) is 0. The second-order valence-electron chi connectivity index (χ2n) is 2.92. The van der Waals surface area contributed by atoms with E-state index in [4.69, 9.17) is 0 Å². The van der Waals surface area contributed by atoms with Crippen LogP contribution in [0.1, 0.15) is 0 Å². The van der Waals surface area contributed by atoms with Crippen LogP contribution < -0.4 is 0 Å². The van der Waals surface area contributed by atoms with Crippen LogP contribution in [0.3, 0.4) is 0 Å². The predicted octanol–water partition coefficient (Wildman–Crippen LogP) is 0.597. The minimum absolute atomic E-state index is 0.0116. The number of carbonyl (C=O) groups is 2. The maximum Gasteiger partial charge on any atom is 0.238 e. The first-order chi connectivity index (χ1) is 6.72. The Kier molecular flexibility index (Phi) is 1.85. The first-order valence-electron chi connectivity index (χ1n) is 4.01. The third-order valence-electron chi connectivity index (χ3n) is 2.06. The molecule has 67 valence electrons. The molecule has 0 atom stereocenters. The molecule has 0 aromatic heterocycles. The second kappa shape index (κ2) is 3.03. The third-order valence-corrected chi connectivity index (χ3v) is 2.06. The molecule has 0 unspecified atom stereocenters. The van der Waals surface area contributed by atoms with Gasteiger partial charge in [0.15, 0.2) is 11.6 Å². The zero-order valence-corrected chi connectivity index (χ0v) is 7.11. The van der Waals surface area contributed by atoms with Crippen LogP contribution in [0.25, 0.3) is 0 Å². The summed E-state index contributed by atoms with van der Waals surface area (Å²) >= 11 is 0. The van der Waals surface area contributed by atoms with Crippen LogP contribution in [0, 0.1) is 0 Å². The summed E-state index contributed by atoms with van der Waals surface area (Å²) in [7, 11) is 0. The standard InChI is InChI=1S/C11H5O3/c12-6-10-9-3-2-8(13)5-7(9)1-4-11(10)14/h1-5H. The predicted molar refractivity (Wildman–Crippen MR) is 49.1 cm³/mol. The summed E-state index contributed by atoms with van der Waals surface area (Å²) in [6, 6.07) is 0. The number of fused-ring (bicyclic) bond motifs is 1. The van der Waals surface area contributed by atoms with Crippen LogP contribution in [-0.4, -0.2) is 17.9 Å². The van der Waals surface area contributed by atoms with Crippen molar-refractivity contribution in [1.82, 2.24) is 0 Å². The molecule has 2 aliphatic carbocycles. The molecule has 0 heterocycles. The normalized spacial score (nSPS) is 19.6. The van der Waals surface area contributed by atoms with Gasteiger partial charge in [0.2, 0.25) is 6.29 Å². The van der Waals surface area contributed by atoms with Crippen molar-refractivity contribution in [3.63, 3.8) is 0 Å². The van der Waals surface area contributed by atoms with E-state index in [0.717, 1.165) is 0 Å². The van der Waals surface area contributed by atoms with Gasteiger partial charge in [-0.15, -0.1) is 0 Å². The fourth-order valence-corrected chi connectivity index (χ4v) is 1.39. The molecule has 0 saturated heterocycles. The van der Waals surface area contributed by atoms with Gasteiger partial charge < -0.3 is 0 Å². The molecule has 0 aliphatic heterocycles. The largest absolute Gasteiger partial charge is 0.290 e. The molecule has 0 spiro atoms. The maximum atomic E-state index is 11.2. The van der Waals surface area contributed by atoms with Crippen LogP contribution in [0.15, 0.2) is 47.1 Å². The van der Waals surface area contributed by atoms with Gasteiger partial charge in [0.05, 0.1) is 5.57 Å². The summed E-state index contributed by atoms with van der Waals surface area (Å²) in [6.45, 7) is 0. The maximum absolute atomic E-state index is 11.2. The highest BCUT2D eigenvalue weighted by Gasteiger charge is 2.20. The molecule has 14 heavy (non-hydrogen) atoms. The number of carbonyl (C=O) groups excluding carboxylic acids is 3. The van der Waals surface area contributed by atoms with Gasteiger partial charge in [0, 0.05) is 0 Å². The third kappa shape index (κ3) is 1.19. The first kappa shape index (κ1) is 8.56. The SMILES string of the molecule is O=[C]C1=C2C=CC(=O)C=C2C=CC1=O. The topological polar surface area (TPSA) is 51.2 Å². The Morgan fingerprint density at radius 2 is 1.79 bits per heavy atom. The van der Waals surface area contributed by atoms with Gasteiger partial charge >= 0.3 is 0 Å².